The number of carbonyl (C=O) groups is 1. The zero-order chi connectivity index (χ0) is 12.8. The minimum atomic E-state index is -1.11. The number of nitrogens with zero attached hydrogens (tertiary/aromatic N) is 2. The summed E-state index contributed by atoms with van der Waals surface area (Å²) in [6.45, 7) is 2.94. The van der Waals surface area contributed by atoms with Gasteiger partial charge in [0.25, 0.3) is 0 Å². The Morgan fingerprint density at radius 2 is 2.28 bits per heavy atom. The van der Waals surface area contributed by atoms with Gasteiger partial charge in [-0.3, -0.25) is 15.2 Å². The van der Waals surface area contributed by atoms with Gasteiger partial charge in [-0.2, -0.15) is 0 Å². The van der Waals surface area contributed by atoms with Crippen LogP contribution in [0.25, 0.3) is 0 Å². The van der Waals surface area contributed by atoms with Gasteiger partial charge in [0.1, 0.15) is 0 Å². The maximum absolute atomic E-state index is 10.6. The number of likely N-dealkylation sites (tertiary alicyclic amines) is 1. The predicted octanol–water partition coefficient (Wildman–Crippen LogP) is 1.62. The third kappa shape index (κ3) is 3.47. The van der Waals surface area contributed by atoms with Gasteiger partial charge in [0.15, 0.2) is 0 Å². The summed E-state index contributed by atoms with van der Waals surface area (Å²) in [5.41, 5.74) is 1.09. The molecule has 1 saturated heterocycles. The Kier molecular flexibility index (Phi) is 4.15. The number of rotatable bonds is 2. The summed E-state index contributed by atoms with van der Waals surface area (Å²) in [5.74, 6) is 6.06. The molecule has 0 aliphatic carbocycles. The molecule has 5 heteroatoms. The molecular weight excluding hydrogens is 230 g/mol. The van der Waals surface area contributed by atoms with Crippen molar-refractivity contribution in [2.45, 2.75) is 12.8 Å². The van der Waals surface area contributed by atoms with Crippen LogP contribution in [-0.4, -0.2) is 40.7 Å². The fourth-order valence-electron chi connectivity index (χ4n) is 1.91. The summed E-state index contributed by atoms with van der Waals surface area (Å²) in [6.07, 6.45) is 4.44. The third-order valence-electron chi connectivity index (χ3n) is 2.79. The molecule has 0 radical (unpaired) electrons. The minimum Gasteiger partial charge on any atom is -0.465 e. The first kappa shape index (κ1) is 12.4. The molecule has 0 saturated carbocycles. The molecule has 94 valence electrons. The van der Waals surface area contributed by atoms with Gasteiger partial charge in [0.2, 0.25) is 0 Å². The SMILES string of the molecule is O=C(O)Nc1cnccc1C#CCN1CCCC1. The number of aromatic nitrogens is 1. The van der Waals surface area contributed by atoms with Crippen molar-refractivity contribution in [3.05, 3.63) is 24.0 Å². The zero-order valence-electron chi connectivity index (χ0n) is 10.0. The topological polar surface area (TPSA) is 65.5 Å². The lowest BCUT2D eigenvalue weighted by Crippen LogP contribution is -2.19. The van der Waals surface area contributed by atoms with E-state index in [1.165, 1.54) is 19.0 Å². The number of anilines is 1. The fourth-order valence-corrected chi connectivity index (χ4v) is 1.91. The summed E-state index contributed by atoms with van der Waals surface area (Å²) in [7, 11) is 0. The molecule has 0 spiro atoms. The molecule has 0 aromatic carbocycles. The van der Waals surface area contributed by atoms with E-state index in [1.54, 1.807) is 12.3 Å². The van der Waals surface area contributed by atoms with Gasteiger partial charge in [0, 0.05) is 6.20 Å². The van der Waals surface area contributed by atoms with Crippen molar-refractivity contribution in [2.75, 3.05) is 25.0 Å². The van der Waals surface area contributed by atoms with Crippen LogP contribution in [0.1, 0.15) is 18.4 Å². The molecule has 2 heterocycles. The van der Waals surface area contributed by atoms with Crippen molar-refractivity contribution in [1.29, 1.82) is 0 Å². The maximum Gasteiger partial charge on any atom is 0.409 e. The molecule has 1 aliphatic heterocycles. The first-order valence-electron chi connectivity index (χ1n) is 5.91. The number of nitrogens with one attached hydrogen (secondary N) is 1. The average molecular weight is 245 g/mol. The van der Waals surface area contributed by atoms with E-state index in [1.807, 2.05) is 0 Å². The van der Waals surface area contributed by atoms with Gasteiger partial charge in [0.05, 0.1) is 24.0 Å². The largest absolute Gasteiger partial charge is 0.465 e. The Bertz CT molecular complexity index is 484. The summed E-state index contributed by atoms with van der Waals surface area (Å²) in [4.78, 5) is 16.8. The van der Waals surface area contributed by atoms with Crippen LogP contribution in [0, 0.1) is 11.8 Å². The van der Waals surface area contributed by atoms with Gasteiger partial charge in [-0.15, -0.1) is 0 Å². The van der Waals surface area contributed by atoms with E-state index in [-0.39, 0.29) is 0 Å². The van der Waals surface area contributed by atoms with E-state index in [4.69, 9.17) is 5.11 Å². The van der Waals surface area contributed by atoms with Crippen LogP contribution in [-0.2, 0) is 0 Å². The summed E-state index contributed by atoms with van der Waals surface area (Å²) >= 11 is 0. The van der Waals surface area contributed by atoms with Crippen LogP contribution in [0.3, 0.4) is 0 Å². The smallest absolute Gasteiger partial charge is 0.409 e. The van der Waals surface area contributed by atoms with E-state index < -0.39 is 6.09 Å². The number of amides is 1. The van der Waals surface area contributed by atoms with Crippen molar-refractivity contribution in [1.82, 2.24) is 9.88 Å². The summed E-state index contributed by atoms with van der Waals surface area (Å²) in [6, 6.07) is 1.71. The molecule has 1 aromatic rings. The predicted molar refractivity (Wildman–Crippen MR) is 68.4 cm³/mol. The van der Waals surface area contributed by atoms with Crippen LogP contribution >= 0.6 is 0 Å². The fraction of sp³-hybridized carbons (Fsp3) is 0.385. The number of hydrogen-bond donors (Lipinski definition) is 2. The second-order valence-electron chi connectivity index (χ2n) is 4.14. The van der Waals surface area contributed by atoms with Crippen molar-refractivity contribution >= 4 is 11.8 Å². The maximum atomic E-state index is 10.6. The molecule has 1 amide bonds. The van der Waals surface area contributed by atoms with Crippen LogP contribution in [0.5, 0.6) is 0 Å². The monoisotopic (exact) mass is 245 g/mol. The van der Waals surface area contributed by atoms with Crippen molar-refractivity contribution in [2.24, 2.45) is 0 Å². The number of hydrogen-bond acceptors (Lipinski definition) is 3. The second kappa shape index (κ2) is 6.03. The van der Waals surface area contributed by atoms with Gasteiger partial charge in [-0.05, 0) is 32.0 Å². The highest BCUT2D eigenvalue weighted by atomic mass is 16.4. The van der Waals surface area contributed by atoms with E-state index in [2.05, 4.69) is 27.0 Å². The molecule has 0 bridgehead atoms. The molecule has 5 nitrogen and oxygen atoms in total. The van der Waals surface area contributed by atoms with E-state index in [0.29, 0.717) is 11.3 Å². The zero-order valence-corrected chi connectivity index (χ0v) is 10.0. The van der Waals surface area contributed by atoms with E-state index in [0.717, 1.165) is 19.6 Å². The average Bonchev–Trinajstić information content (AvgIpc) is 2.84. The van der Waals surface area contributed by atoms with Crippen molar-refractivity contribution in [3.63, 3.8) is 0 Å². The van der Waals surface area contributed by atoms with Gasteiger partial charge in [-0.1, -0.05) is 11.8 Å². The van der Waals surface area contributed by atoms with Gasteiger partial charge < -0.3 is 5.11 Å². The molecule has 0 atom stereocenters. The third-order valence-corrected chi connectivity index (χ3v) is 2.79. The molecular formula is C13H15N3O2. The Hall–Kier alpha value is -2.06. The number of carboxylic acid groups (broad SMARTS) is 1. The molecule has 18 heavy (non-hydrogen) atoms. The first-order chi connectivity index (χ1) is 8.75. The molecule has 2 rings (SSSR count). The second-order valence-corrected chi connectivity index (χ2v) is 4.14. The molecule has 1 aromatic heterocycles. The quantitative estimate of drug-likeness (QED) is 0.777. The Labute approximate surface area is 106 Å². The minimum absolute atomic E-state index is 0.430. The van der Waals surface area contributed by atoms with Gasteiger partial charge in [-0.25, -0.2) is 4.79 Å². The Morgan fingerprint density at radius 1 is 1.50 bits per heavy atom. The standard InChI is InChI=1S/C13H15N3O2/c17-13(18)15-12-10-14-6-5-11(12)4-3-9-16-7-1-2-8-16/h5-6,10,15H,1-2,7-9H2,(H,17,18). The van der Waals surface area contributed by atoms with Crippen molar-refractivity contribution < 1.29 is 9.90 Å². The summed E-state index contributed by atoms with van der Waals surface area (Å²) < 4.78 is 0. The highest BCUT2D eigenvalue weighted by Crippen LogP contribution is 2.11. The van der Waals surface area contributed by atoms with E-state index in [9.17, 15) is 4.79 Å². The highest BCUT2D eigenvalue weighted by Gasteiger charge is 2.09. The summed E-state index contributed by atoms with van der Waals surface area (Å²) in [5, 5.41) is 11.0. The van der Waals surface area contributed by atoms with Crippen molar-refractivity contribution in [3.8, 4) is 11.8 Å². The van der Waals surface area contributed by atoms with Crippen LogP contribution in [0.2, 0.25) is 0 Å². The molecule has 1 aliphatic rings. The Balaban J connectivity index is 2.03. The normalized spacial score (nSPS) is 14.9. The van der Waals surface area contributed by atoms with Gasteiger partial charge >= 0.3 is 6.09 Å². The lowest BCUT2D eigenvalue weighted by Gasteiger charge is -2.08. The first-order valence-corrected chi connectivity index (χ1v) is 5.91. The molecule has 0 unspecified atom stereocenters. The Morgan fingerprint density at radius 3 is 3.00 bits per heavy atom. The molecule has 2 N–H and O–H groups in total. The van der Waals surface area contributed by atoms with Crippen LogP contribution < -0.4 is 5.32 Å². The van der Waals surface area contributed by atoms with E-state index >= 15 is 0 Å². The molecule has 1 fully saturated rings. The highest BCUT2D eigenvalue weighted by molar-refractivity contribution is 5.84. The lowest BCUT2D eigenvalue weighted by molar-refractivity contribution is 0.209. The van der Waals surface area contributed by atoms with Crippen LogP contribution in [0.4, 0.5) is 10.5 Å². The lowest BCUT2D eigenvalue weighted by atomic mass is 10.2. The van der Waals surface area contributed by atoms with Crippen LogP contribution in [0.15, 0.2) is 18.5 Å². The number of pyridine rings is 1.